The molecule has 0 radical (unpaired) electrons. The first-order valence-corrected chi connectivity index (χ1v) is 17.1. The van der Waals surface area contributed by atoms with E-state index in [1.807, 2.05) is 97.9 Å². The Balaban J connectivity index is 1.33. The van der Waals surface area contributed by atoms with Crippen molar-refractivity contribution in [1.82, 2.24) is 31.4 Å². The molecule has 0 aromatic heterocycles. The molecule has 2 heterocycles. The summed E-state index contributed by atoms with van der Waals surface area (Å²) in [6, 6.07) is 27.4. The molecule has 3 aromatic carbocycles. The summed E-state index contributed by atoms with van der Waals surface area (Å²) in [5, 5.41) is 16.4. The SMILES string of the molecule is BN[C@@H](CC)C(=O)N[C@@H]1C(=O)N2[C@@H](CC[C@@H]1CNC(=S)NCc1ccccc1)CC[C@H]2C(=O)NC(c1ccccc1)c1ccccc1. The molecule has 3 amide bonds. The summed E-state index contributed by atoms with van der Waals surface area (Å²) in [4.78, 5) is 43.7. The lowest BCUT2D eigenvalue weighted by atomic mass is 9.92. The Labute approximate surface area is 284 Å². The van der Waals surface area contributed by atoms with Crippen LogP contribution in [0.5, 0.6) is 0 Å². The van der Waals surface area contributed by atoms with Crippen LogP contribution in [-0.4, -0.2) is 66.4 Å². The molecule has 5 N–H and O–H groups in total. The lowest BCUT2D eigenvalue weighted by molar-refractivity contribution is -0.143. The summed E-state index contributed by atoms with van der Waals surface area (Å²) in [6.45, 7) is 2.92. The molecule has 2 aliphatic rings. The molecule has 9 nitrogen and oxygen atoms in total. The minimum Gasteiger partial charge on any atom is -0.362 e. The fraction of sp³-hybridized carbons (Fsp3) is 0.389. The van der Waals surface area contributed by atoms with E-state index >= 15 is 0 Å². The average Bonchev–Trinajstić information content (AvgIpc) is 3.49. The number of thiocarbonyl (C=S) groups is 1. The van der Waals surface area contributed by atoms with Crippen LogP contribution in [0.4, 0.5) is 0 Å². The highest BCUT2D eigenvalue weighted by Gasteiger charge is 2.48. The molecule has 0 saturated carbocycles. The third kappa shape index (κ3) is 8.58. The minimum absolute atomic E-state index is 0.0796. The number of fused-ring (bicyclic) bond motifs is 1. The van der Waals surface area contributed by atoms with Crippen molar-refractivity contribution >= 4 is 43.0 Å². The Bertz CT molecular complexity index is 1450. The highest BCUT2D eigenvalue weighted by Crippen LogP contribution is 2.35. The van der Waals surface area contributed by atoms with E-state index in [1.165, 1.54) is 0 Å². The van der Waals surface area contributed by atoms with Gasteiger partial charge in [0.2, 0.25) is 17.7 Å². The first-order valence-electron chi connectivity index (χ1n) is 16.6. The van der Waals surface area contributed by atoms with E-state index in [2.05, 4.69) is 26.5 Å². The van der Waals surface area contributed by atoms with Gasteiger partial charge >= 0.3 is 0 Å². The average molecular weight is 653 g/mol. The Morgan fingerprint density at radius 3 is 2.06 bits per heavy atom. The first kappa shape index (κ1) is 34.1. The van der Waals surface area contributed by atoms with Crippen LogP contribution >= 0.6 is 12.2 Å². The number of carbonyl (C=O) groups is 3. The van der Waals surface area contributed by atoms with Gasteiger partial charge in [-0.05, 0) is 61.0 Å². The van der Waals surface area contributed by atoms with E-state index < -0.39 is 18.1 Å². The second-order valence-corrected chi connectivity index (χ2v) is 12.8. The molecular formula is C36H45BN6O3S. The van der Waals surface area contributed by atoms with Gasteiger partial charge in [-0.15, -0.1) is 0 Å². The Morgan fingerprint density at radius 1 is 0.872 bits per heavy atom. The largest absolute Gasteiger partial charge is 0.362 e. The van der Waals surface area contributed by atoms with Crippen LogP contribution in [0, 0.1) is 5.92 Å². The molecule has 0 unspecified atom stereocenters. The summed E-state index contributed by atoms with van der Waals surface area (Å²) in [7, 11) is 1.74. The van der Waals surface area contributed by atoms with Crippen molar-refractivity contribution in [3.63, 3.8) is 0 Å². The standard InChI is InChI=1S/C36H45BN6O3S/c1-2-29(42-37)33(44)41-32-27(23-39-36(47)38-22-24-12-6-3-7-13-24)18-19-28-20-21-30(43(28)35(32)46)34(45)40-31(25-14-8-4-9-15-25)26-16-10-5-11-17-26/h3-17,27-32,42H,2,18-23,37H2,1H3,(H,40,45)(H,41,44)(H2,38,39,47)/t27-,28+,29+,30+,32+/m1/s1. The van der Waals surface area contributed by atoms with E-state index in [0.717, 1.165) is 29.5 Å². The van der Waals surface area contributed by atoms with Gasteiger partial charge in [-0.25, -0.2) is 0 Å². The number of hydrogen-bond acceptors (Lipinski definition) is 5. The van der Waals surface area contributed by atoms with Gasteiger partial charge in [0.1, 0.15) is 12.1 Å². The van der Waals surface area contributed by atoms with Crippen LogP contribution in [0.25, 0.3) is 0 Å². The van der Waals surface area contributed by atoms with Crippen LogP contribution in [0.1, 0.15) is 61.8 Å². The Morgan fingerprint density at radius 2 is 1.47 bits per heavy atom. The van der Waals surface area contributed by atoms with E-state index in [9.17, 15) is 14.4 Å². The van der Waals surface area contributed by atoms with Crippen LogP contribution in [-0.2, 0) is 20.9 Å². The highest BCUT2D eigenvalue weighted by molar-refractivity contribution is 7.80. The number of amides is 3. The smallest absolute Gasteiger partial charge is 0.246 e. The third-order valence-corrected chi connectivity index (χ3v) is 9.70. The quantitative estimate of drug-likeness (QED) is 0.151. The highest BCUT2D eigenvalue weighted by atomic mass is 32.1. The Kier molecular flexibility index (Phi) is 12.0. The fourth-order valence-electron chi connectivity index (χ4n) is 6.82. The normalized spacial score (nSPS) is 21.3. The monoisotopic (exact) mass is 652 g/mol. The van der Waals surface area contributed by atoms with Gasteiger partial charge in [0, 0.05) is 25.0 Å². The molecule has 11 heteroatoms. The molecule has 2 fully saturated rings. The van der Waals surface area contributed by atoms with Crippen molar-refractivity contribution in [2.24, 2.45) is 5.92 Å². The molecule has 0 spiro atoms. The van der Waals surface area contributed by atoms with Crippen LogP contribution in [0.2, 0.25) is 0 Å². The molecule has 5 atom stereocenters. The predicted molar refractivity (Wildman–Crippen MR) is 191 cm³/mol. The number of hydrogen-bond donors (Lipinski definition) is 5. The summed E-state index contributed by atoms with van der Waals surface area (Å²) in [5.74, 6) is -0.841. The fourth-order valence-corrected chi connectivity index (χ4v) is 6.98. The Hall–Kier alpha value is -4.22. The number of nitrogens with one attached hydrogen (secondary N) is 5. The molecule has 2 aliphatic heterocycles. The maximum absolute atomic E-state index is 14.5. The van der Waals surface area contributed by atoms with Gasteiger partial charge < -0.3 is 31.4 Å². The molecule has 3 aromatic rings. The zero-order chi connectivity index (χ0) is 33.2. The minimum atomic E-state index is -0.799. The van der Waals surface area contributed by atoms with E-state index in [1.54, 1.807) is 12.9 Å². The zero-order valence-corrected chi connectivity index (χ0v) is 28.0. The summed E-state index contributed by atoms with van der Waals surface area (Å²) < 4.78 is 0. The second kappa shape index (κ2) is 16.6. The van der Waals surface area contributed by atoms with Crippen LogP contribution in [0.15, 0.2) is 91.0 Å². The van der Waals surface area contributed by atoms with E-state index in [0.29, 0.717) is 37.5 Å². The zero-order valence-electron chi connectivity index (χ0n) is 27.2. The summed E-state index contributed by atoms with van der Waals surface area (Å²) in [6.07, 6.45) is 3.33. The van der Waals surface area contributed by atoms with Crippen molar-refractivity contribution in [1.29, 1.82) is 0 Å². The second-order valence-electron chi connectivity index (χ2n) is 12.4. The number of nitrogens with zero attached hydrogens (tertiary/aromatic N) is 1. The van der Waals surface area contributed by atoms with Crippen molar-refractivity contribution < 1.29 is 14.4 Å². The van der Waals surface area contributed by atoms with E-state index in [-0.39, 0.29) is 35.7 Å². The maximum atomic E-state index is 14.5. The van der Waals surface area contributed by atoms with E-state index in [4.69, 9.17) is 12.2 Å². The number of carbonyl (C=O) groups excluding carboxylic acids is 3. The maximum Gasteiger partial charge on any atom is 0.246 e. The van der Waals surface area contributed by atoms with Crippen molar-refractivity contribution in [3.05, 3.63) is 108 Å². The van der Waals surface area contributed by atoms with Crippen LogP contribution in [0.3, 0.4) is 0 Å². The van der Waals surface area contributed by atoms with Crippen molar-refractivity contribution in [2.75, 3.05) is 6.54 Å². The first-order chi connectivity index (χ1) is 22.9. The topological polar surface area (TPSA) is 115 Å². The summed E-state index contributed by atoms with van der Waals surface area (Å²) >= 11 is 5.58. The van der Waals surface area contributed by atoms with Gasteiger partial charge in [0.25, 0.3) is 0 Å². The van der Waals surface area contributed by atoms with Crippen LogP contribution < -0.4 is 26.5 Å². The molecule has 246 valence electrons. The predicted octanol–water partition coefficient (Wildman–Crippen LogP) is 2.73. The van der Waals surface area contributed by atoms with Gasteiger partial charge in [0.05, 0.1) is 12.1 Å². The molecule has 0 aliphatic carbocycles. The number of benzene rings is 3. The van der Waals surface area contributed by atoms with Crippen molar-refractivity contribution in [3.8, 4) is 0 Å². The molecule has 0 bridgehead atoms. The van der Waals surface area contributed by atoms with Gasteiger partial charge in [-0.1, -0.05) is 97.9 Å². The number of rotatable bonds is 12. The molecular weight excluding hydrogens is 607 g/mol. The van der Waals surface area contributed by atoms with Crippen molar-refractivity contribution in [2.45, 2.75) is 75.8 Å². The van der Waals surface area contributed by atoms with Gasteiger partial charge in [-0.2, -0.15) is 0 Å². The molecule has 2 saturated heterocycles. The molecule has 47 heavy (non-hydrogen) atoms. The third-order valence-electron chi connectivity index (χ3n) is 9.41. The van der Waals surface area contributed by atoms with Gasteiger partial charge in [-0.3, -0.25) is 14.4 Å². The molecule has 5 rings (SSSR count). The lowest BCUT2D eigenvalue weighted by Crippen LogP contribution is -2.59. The lowest BCUT2D eigenvalue weighted by Gasteiger charge is -2.33. The van der Waals surface area contributed by atoms with Gasteiger partial charge in [0.15, 0.2) is 13.1 Å². The summed E-state index contributed by atoms with van der Waals surface area (Å²) in [5.41, 5.74) is 3.04.